The Morgan fingerprint density at radius 1 is 1.24 bits per heavy atom. The number of hydrogen-bond donors (Lipinski definition) is 4. The molecule has 8 heteroatoms. The summed E-state index contributed by atoms with van der Waals surface area (Å²) in [5.41, 5.74) is 0.371. The summed E-state index contributed by atoms with van der Waals surface area (Å²) in [7, 11) is 0. The van der Waals surface area contributed by atoms with Crippen molar-refractivity contribution in [3.8, 4) is 0 Å². The van der Waals surface area contributed by atoms with Gasteiger partial charge in [0, 0.05) is 17.5 Å². The molecule has 1 atom stereocenters. The normalized spacial score (nSPS) is 11.5. The van der Waals surface area contributed by atoms with Crippen LogP contribution in [0.1, 0.15) is 16.8 Å². The Hall–Kier alpha value is -1.93. The van der Waals surface area contributed by atoms with Gasteiger partial charge in [0.2, 0.25) is 5.91 Å². The number of nitrogens with one attached hydrogen (secondary N) is 2. The number of halogens is 1. The number of carbonyl (C=O) groups is 3. The first kappa shape index (κ1) is 17.1. The van der Waals surface area contributed by atoms with Crippen molar-refractivity contribution >= 4 is 33.7 Å². The molecule has 0 unspecified atom stereocenters. The lowest BCUT2D eigenvalue weighted by molar-refractivity contribution is -0.142. The molecule has 114 valence electrons. The molecular formula is C13H15BrN2O5. The molecule has 0 aromatic heterocycles. The fourth-order valence-electron chi connectivity index (χ4n) is 1.53. The Bertz CT molecular complexity index is 535. The van der Waals surface area contributed by atoms with Crippen LogP contribution in [-0.4, -0.2) is 47.2 Å². The van der Waals surface area contributed by atoms with E-state index >= 15 is 0 Å². The summed E-state index contributed by atoms with van der Waals surface area (Å²) in [4.78, 5) is 34.2. The minimum atomic E-state index is -1.24. The van der Waals surface area contributed by atoms with Gasteiger partial charge < -0.3 is 20.8 Å². The maximum absolute atomic E-state index is 11.8. The van der Waals surface area contributed by atoms with Crippen molar-refractivity contribution in [2.24, 2.45) is 0 Å². The van der Waals surface area contributed by atoms with Gasteiger partial charge in [-0.15, -0.1) is 0 Å². The molecule has 0 heterocycles. The highest BCUT2D eigenvalue weighted by Crippen LogP contribution is 2.15. The molecule has 0 radical (unpaired) electrons. The van der Waals surface area contributed by atoms with Crippen LogP contribution in [0.2, 0.25) is 0 Å². The Morgan fingerprint density at radius 2 is 1.90 bits per heavy atom. The zero-order chi connectivity index (χ0) is 15.8. The van der Waals surface area contributed by atoms with Crippen molar-refractivity contribution in [2.45, 2.75) is 12.5 Å². The van der Waals surface area contributed by atoms with Gasteiger partial charge in [-0.1, -0.05) is 12.1 Å². The predicted molar refractivity (Wildman–Crippen MR) is 77.7 cm³/mol. The molecule has 7 nitrogen and oxygen atoms in total. The number of carbonyl (C=O) groups excluding carboxylic acids is 2. The number of benzene rings is 1. The number of aliphatic carboxylic acids is 1. The van der Waals surface area contributed by atoms with Crippen LogP contribution in [0.5, 0.6) is 0 Å². The van der Waals surface area contributed by atoms with Gasteiger partial charge in [-0.2, -0.15) is 0 Å². The minimum absolute atomic E-state index is 0.0980. The summed E-state index contributed by atoms with van der Waals surface area (Å²) in [5, 5.41) is 22.1. The highest BCUT2D eigenvalue weighted by Gasteiger charge is 2.19. The van der Waals surface area contributed by atoms with E-state index in [2.05, 4.69) is 26.6 Å². The Balaban J connectivity index is 2.51. The van der Waals surface area contributed by atoms with E-state index in [1.165, 1.54) is 0 Å². The average Bonchev–Trinajstić information content (AvgIpc) is 2.44. The van der Waals surface area contributed by atoms with Crippen molar-refractivity contribution in [1.82, 2.24) is 10.6 Å². The maximum atomic E-state index is 11.8. The molecule has 0 aliphatic rings. The third-order valence-corrected chi connectivity index (χ3v) is 3.27. The first-order valence-electron chi connectivity index (χ1n) is 6.11. The highest BCUT2D eigenvalue weighted by molar-refractivity contribution is 9.10. The SMILES string of the molecule is O=C(CNC(=O)c1ccccc1Br)N[C@@H](CCO)C(=O)O. The van der Waals surface area contributed by atoms with E-state index in [-0.39, 0.29) is 19.6 Å². The largest absolute Gasteiger partial charge is 0.480 e. The van der Waals surface area contributed by atoms with Gasteiger partial charge in [0.05, 0.1) is 12.1 Å². The molecule has 0 aliphatic heterocycles. The van der Waals surface area contributed by atoms with Crippen molar-refractivity contribution in [2.75, 3.05) is 13.2 Å². The van der Waals surface area contributed by atoms with E-state index in [4.69, 9.17) is 10.2 Å². The molecule has 21 heavy (non-hydrogen) atoms. The van der Waals surface area contributed by atoms with E-state index in [0.29, 0.717) is 10.0 Å². The maximum Gasteiger partial charge on any atom is 0.326 e. The fourth-order valence-corrected chi connectivity index (χ4v) is 2.00. The summed E-state index contributed by atoms with van der Waals surface area (Å²) >= 11 is 3.22. The molecule has 1 aromatic carbocycles. The minimum Gasteiger partial charge on any atom is -0.480 e. The number of amides is 2. The van der Waals surface area contributed by atoms with Crippen LogP contribution in [-0.2, 0) is 9.59 Å². The monoisotopic (exact) mass is 358 g/mol. The third-order valence-electron chi connectivity index (χ3n) is 2.58. The molecule has 0 bridgehead atoms. The number of aliphatic hydroxyl groups is 1. The van der Waals surface area contributed by atoms with Gasteiger partial charge in [0.25, 0.3) is 5.91 Å². The second kappa shape index (κ2) is 8.38. The molecule has 0 fully saturated rings. The smallest absolute Gasteiger partial charge is 0.326 e. The Kier molecular flexibility index (Phi) is 6.83. The van der Waals surface area contributed by atoms with E-state index in [1.807, 2.05) is 0 Å². The first-order chi connectivity index (χ1) is 9.95. The molecule has 0 saturated carbocycles. The number of rotatable bonds is 7. The first-order valence-corrected chi connectivity index (χ1v) is 6.90. The molecule has 1 rings (SSSR count). The van der Waals surface area contributed by atoms with Crippen molar-refractivity contribution in [3.63, 3.8) is 0 Å². The lowest BCUT2D eigenvalue weighted by Crippen LogP contribution is -2.45. The molecule has 0 aliphatic carbocycles. The zero-order valence-corrected chi connectivity index (χ0v) is 12.6. The molecule has 2 amide bonds. The number of aliphatic hydroxyl groups excluding tert-OH is 1. The van der Waals surface area contributed by atoms with Crippen molar-refractivity contribution < 1.29 is 24.6 Å². The van der Waals surface area contributed by atoms with Gasteiger partial charge in [-0.25, -0.2) is 4.79 Å². The van der Waals surface area contributed by atoms with E-state index in [0.717, 1.165) is 0 Å². The van der Waals surface area contributed by atoms with Crippen LogP contribution in [0.4, 0.5) is 0 Å². The summed E-state index contributed by atoms with van der Waals surface area (Å²) in [5.74, 6) is -2.34. The Morgan fingerprint density at radius 3 is 2.48 bits per heavy atom. The summed E-state index contributed by atoms with van der Waals surface area (Å²) < 4.78 is 0.589. The van der Waals surface area contributed by atoms with Gasteiger partial charge in [-0.05, 0) is 28.1 Å². The standard InChI is InChI=1S/C13H15BrN2O5/c14-9-4-2-1-3-8(9)12(19)15-7-11(18)16-10(5-6-17)13(20)21/h1-4,10,17H,5-7H2,(H,15,19)(H,16,18)(H,20,21)/t10-/m0/s1. The zero-order valence-electron chi connectivity index (χ0n) is 11.0. The van der Waals surface area contributed by atoms with Crippen molar-refractivity contribution in [1.29, 1.82) is 0 Å². The number of carboxylic acid groups (broad SMARTS) is 1. The van der Waals surface area contributed by atoms with Crippen LogP contribution >= 0.6 is 15.9 Å². The predicted octanol–water partition coefficient (Wildman–Crippen LogP) is 0.131. The fraction of sp³-hybridized carbons (Fsp3) is 0.308. The molecule has 0 spiro atoms. The molecule has 1 aromatic rings. The topological polar surface area (TPSA) is 116 Å². The quantitative estimate of drug-likeness (QED) is 0.552. The number of carboxylic acids is 1. The molecular weight excluding hydrogens is 344 g/mol. The average molecular weight is 359 g/mol. The van der Waals surface area contributed by atoms with Crippen LogP contribution in [0.25, 0.3) is 0 Å². The molecule has 0 saturated heterocycles. The summed E-state index contributed by atoms with van der Waals surface area (Å²) in [6.45, 7) is -0.712. The van der Waals surface area contributed by atoms with Crippen LogP contribution < -0.4 is 10.6 Å². The van der Waals surface area contributed by atoms with Gasteiger partial charge in [0.15, 0.2) is 0 Å². The number of hydrogen-bond acceptors (Lipinski definition) is 4. The lowest BCUT2D eigenvalue weighted by Gasteiger charge is -2.13. The van der Waals surface area contributed by atoms with E-state index in [1.54, 1.807) is 24.3 Å². The Labute approximate surface area is 129 Å². The second-order valence-corrected chi connectivity index (χ2v) is 4.99. The van der Waals surface area contributed by atoms with Crippen LogP contribution in [0.3, 0.4) is 0 Å². The van der Waals surface area contributed by atoms with Crippen molar-refractivity contribution in [3.05, 3.63) is 34.3 Å². The van der Waals surface area contributed by atoms with Crippen LogP contribution in [0, 0.1) is 0 Å². The van der Waals surface area contributed by atoms with Gasteiger partial charge >= 0.3 is 5.97 Å². The van der Waals surface area contributed by atoms with E-state index < -0.39 is 23.8 Å². The summed E-state index contributed by atoms with van der Waals surface area (Å²) in [6.07, 6.45) is -0.0980. The highest BCUT2D eigenvalue weighted by atomic mass is 79.9. The van der Waals surface area contributed by atoms with E-state index in [9.17, 15) is 14.4 Å². The third kappa shape index (κ3) is 5.52. The van der Waals surface area contributed by atoms with Crippen LogP contribution in [0.15, 0.2) is 28.7 Å². The van der Waals surface area contributed by atoms with Gasteiger partial charge in [0.1, 0.15) is 6.04 Å². The summed E-state index contributed by atoms with van der Waals surface area (Å²) in [6, 6.07) is 5.53. The van der Waals surface area contributed by atoms with Gasteiger partial charge in [-0.3, -0.25) is 9.59 Å². The second-order valence-electron chi connectivity index (χ2n) is 4.13. The lowest BCUT2D eigenvalue weighted by atomic mass is 10.2. The molecule has 4 N–H and O–H groups in total.